The zero-order valence-corrected chi connectivity index (χ0v) is 12.1. The summed E-state index contributed by atoms with van der Waals surface area (Å²) >= 11 is 0. The highest BCUT2D eigenvalue weighted by molar-refractivity contribution is 5.92. The van der Waals surface area contributed by atoms with E-state index in [2.05, 4.69) is 27.5 Å². The zero-order valence-electron chi connectivity index (χ0n) is 12.1. The van der Waals surface area contributed by atoms with Gasteiger partial charge in [0.25, 0.3) is 5.91 Å². The predicted octanol–water partition coefficient (Wildman–Crippen LogP) is 2.77. The highest BCUT2D eigenvalue weighted by atomic mass is 16.5. The number of amides is 1. The molecular weight excluding hydrogens is 266 g/mol. The van der Waals surface area contributed by atoms with Gasteiger partial charge in [0.15, 0.2) is 5.69 Å². The van der Waals surface area contributed by atoms with Gasteiger partial charge in [-0.25, -0.2) is 0 Å². The van der Waals surface area contributed by atoms with Gasteiger partial charge in [0.2, 0.25) is 0 Å². The number of aromatic nitrogens is 1. The van der Waals surface area contributed by atoms with E-state index < -0.39 is 0 Å². The van der Waals surface area contributed by atoms with Gasteiger partial charge in [-0.2, -0.15) is 0 Å². The minimum absolute atomic E-state index is 0.0725. The van der Waals surface area contributed by atoms with Crippen molar-refractivity contribution in [3.05, 3.63) is 47.9 Å². The van der Waals surface area contributed by atoms with Gasteiger partial charge in [-0.1, -0.05) is 17.3 Å². The normalized spacial score (nSPS) is 16.0. The summed E-state index contributed by atoms with van der Waals surface area (Å²) in [7, 11) is 0. The Morgan fingerprint density at radius 2 is 2.14 bits per heavy atom. The predicted molar refractivity (Wildman–Crippen MR) is 80.3 cm³/mol. The van der Waals surface area contributed by atoms with Crippen LogP contribution in [0.5, 0.6) is 0 Å². The van der Waals surface area contributed by atoms with E-state index in [0.717, 1.165) is 18.7 Å². The second-order valence-corrected chi connectivity index (χ2v) is 5.37. The molecule has 1 amide bonds. The van der Waals surface area contributed by atoms with Crippen molar-refractivity contribution in [1.29, 1.82) is 0 Å². The van der Waals surface area contributed by atoms with Crippen molar-refractivity contribution in [3.63, 3.8) is 0 Å². The lowest BCUT2D eigenvalue weighted by Crippen LogP contribution is -2.27. The van der Waals surface area contributed by atoms with Gasteiger partial charge in [-0.3, -0.25) is 4.79 Å². The molecule has 1 aromatic heterocycles. The van der Waals surface area contributed by atoms with Crippen LogP contribution in [0.1, 0.15) is 41.9 Å². The lowest BCUT2D eigenvalue weighted by Gasteiger charge is -2.20. The molecule has 1 fully saturated rings. The molecular formula is C16H19N3O2. The fraction of sp³-hybridized carbons (Fsp3) is 0.375. The second kappa shape index (κ2) is 5.99. The number of hydrogen-bond donors (Lipinski definition) is 1. The standard InChI is InChI=1S/C16H19N3O2/c1-12(17-16(20)15-7-10-21-18-15)13-5-4-6-14(11-13)19-8-2-3-9-19/h4-7,10-12H,2-3,8-9H2,1H3,(H,17,20)/t12-/m1/s1. The summed E-state index contributed by atoms with van der Waals surface area (Å²) in [6, 6.07) is 9.84. The molecule has 0 radical (unpaired) electrons. The van der Waals surface area contributed by atoms with E-state index in [1.54, 1.807) is 6.07 Å². The van der Waals surface area contributed by atoms with Crippen LogP contribution >= 0.6 is 0 Å². The quantitative estimate of drug-likeness (QED) is 0.938. The van der Waals surface area contributed by atoms with Gasteiger partial charge in [0.05, 0.1) is 6.04 Å². The monoisotopic (exact) mass is 285 g/mol. The summed E-state index contributed by atoms with van der Waals surface area (Å²) in [5, 5.41) is 6.58. The van der Waals surface area contributed by atoms with Gasteiger partial charge in [0, 0.05) is 24.8 Å². The van der Waals surface area contributed by atoms with Crippen LogP contribution in [0.4, 0.5) is 5.69 Å². The maximum absolute atomic E-state index is 12.0. The summed E-state index contributed by atoms with van der Waals surface area (Å²) in [5.41, 5.74) is 2.63. The Bertz CT molecular complexity index is 604. The molecule has 5 heteroatoms. The fourth-order valence-corrected chi connectivity index (χ4v) is 2.65. The van der Waals surface area contributed by atoms with Crippen LogP contribution in [0, 0.1) is 0 Å². The topological polar surface area (TPSA) is 58.4 Å². The maximum atomic E-state index is 12.0. The van der Waals surface area contributed by atoms with E-state index in [4.69, 9.17) is 4.52 Å². The van der Waals surface area contributed by atoms with Crippen molar-refractivity contribution < 1.29 is 9.32 Å². The lowest BCUT2D eigenvalue weighted by atomic mass is 10.1. The van der Waals surface area contributed by atoms with E-state index in [0.29, 0.717) is 5.69 Å². The summed E-state index contributed by atoms with van der Waals surface area (Å²) in [4.78, 5) is 14.4. The molecule has 2 heterocycles. The van der Waals surface area contributed by atoms with E-state index in [1.807, 2.05) is 19.1 Å². The third-order valence-corrected chi connectivity index (χ3v) is 3.86. The van der Waals surface area contributed by atoms with E-state index >= 15 is 0 Å². The molecule has 1 atom stereocenters. The van der Waals surface area contributed by atoms with Crippen molar-refractivity contribution in [1.82, 2.24) is 10.5 Å². The lowest BCUT2D eigenvalue weighted by molar-refractivity contribution is 0.0930. The van der Waals surface area contributed by atoms with Crippen LogP contribution < -0.4 is 10.2 Å². The van der Waals surface area contributed by atoms with Crippen LogP contribution in [0.15, 0.2) is 41.1 Å². The van der Waals surface area contributed by atoms with Crippen LogP contribution in [0.25, 0.3) is 0 Å². The minimum Gasteiger partial charge on any atom is -0.372 e. The zero-order chi connectivity index (χ0) is 14.7. The molecule has 3 rings (SSSR count). The van der Waals surface area contributed by atoms with E-state index in [9.17, 15) is 4.79 Å². The first-order chi connectivity index (χ1) is 10.2. The highest BCUT2D eigenvalue weighted by Gasteiger charge is 2.16. The molecule has 0 bridgehead atoms. The number of carbonyl (C=O) groups excluding carboxylic acids is 1. The number of benzene rings is 1. The smallest absolute Gasteiger partial charge is 0.273 e. The molecule has 5 nitrogen and oxygen atoms in total. The van der Waals surface area contributed by atoms with Crippen molar-refractivity contribution in [3.8, 4) is 0 Å². The van der Waals surface area contributed by atoms with E-state index in [1.165, 1.54) is 24.8 Å². The molecule has 0 unspecified atom stereocenters. The molecule has 110 valence electrons. The summed E-state index contributed by atoms with van der Waals surface area (Å²) in [6.45, 7) is 4.20. The summed E-state index contributed by atoms with van der Waals surface area (Å²) in [6.07, 6.45) is 3.90. The third-order valence-electron chi connectivity index (χ3n) is 3.86. The minimum atomic E-state index is -0.220. The number of carbonyl (C=O) groups is 1. The SMILES string of the molecule is C[C@@H](NC(=O)c1ccon1)c1cccc(N2CCCC2)c1. The molecule has 1 aromatic carbocycles. The van der Waals surface area contributed by atoms with E-state index in [-0.39, 0.29) is 11.9 Å². The Hall–Kier alpha value is -2.30. The Morgan fingerprint density at radius 3 is 2.86 bits per heavy atom. The number of hydrogen-bond acceptors (Lipinski definition) is 4. The number of anilines is 1. The Balaban J connectivity index is 1.70. The molecule has 1 N–H and O–H groups in total. The van der Waals surface area contributed by atoms with Gasteiger partial charge in [0.1, 0.15) is 6.26 Å². The van der Waals surface area contributed by atoms with Crippen LogP contribution in [-0.4, -0.2) is 24.2 Å². The van der Waals surface area contributed by atoms with Gasteiger partial charge >= 0.3 is 0 Å². The van der Waals surface area contributed by atoms with Gasteiger partial charge < -0.3 is 14.7 Å². The first kappa shape index (κ1) is 13.7. The largest absolute Gasteiger partial charge is 0.372 e. The van der Waals surface area contributed by atoms with Crippen LogP contribution in [0.2, 0.25) is 0 Å². The fourth-order valence-electron chi connectivity index (χ4n) is 2.65. The number of nitrogens with one attached hydrogen (secondary N) is 1. The number of nitrogens with zero attached hydrogens (tertiary/aromatic N) is 2. The molecule has 0 aliphatic carbocycles. The Kier molecular flexibility index (Phi) is 3.90. The van der Waals surface area contributed by atoms with Crippen LogP contribution in [-0.2, 0) is 0 Å². The summed E-state index contributed by atoms with van der Waals surface area (Å²) < 4.78 is 4.69. The highest BCUT2D eigenvalue weighted by Crippen LogP contribution is 2.24. The van der Waals surface area contributed by atoms with Crippen LogP contribution in [0.3, 0.4) is 0 Å². The van der Waals surface area contributed by atoms with Gasteiger partial charge in [-0.05, 0) is 37.5 Å². The molecule has 1 aliphatic heterocycles. The Morgan fingerprint density at radius 1 is 1.33 bits per heavy atom. The van der Waals surface area contributed by atoms with Crippen molar-refractivity contribution in [2.45, 2.75) is 25.8 Å². The molecule has 1 saturated heterocycles. The molecule has 1 aliphatic rings. The third kappa shape index (κ3) is 3.07. The maximum Gasteiger partial charge on any atom is 0.273 e. The molecule has 21 heavy (non-hydrogen) atoms. The second-order valence-electron chi connectivity index (χ2n) is 5.37. The molecule has 0 saturated carbocycles. The first-order valence-electron chi connectivity index (χ1n) is 7.30. The van der Waals surface area contributed by atoms with Crippen molar-refractivity contribution in [2.75, 3.05) is 18.0 Å². The molecule has 0 spiro atoms. The van der Waals surface area contributed by atoms with Crippen molar-refractivity contribution >= 4 is 11.6 Å². The number of rotatable bonds is 4. The average Bonchev–Trinajstić information content (AvgIpc) is 3.20. The molecule has 2 aromatic rings. The summed E-state index contributed by atoms with van der Waals surface area (Å²) in [5.74, 6) is -0.220. The van der Waals surface area contributed by atoms with Gasteiger partial charge in [-0.15, -0.1) is 0 Å². The average molecular weight is 285 g/mol. The first-order valence-corrected chi connectivity index (χ1v) is 7.30. The Labute approximate surface area is 123 Å². The van der Waals surface area contributed by atoms with Crippen molar-refractivity contribution in [2.24, 2.45) is 0 Å².